The number of hydrogen-bond donors (Lipinski definition) is 0. The summed E-state index contributed by atoms with van der Waals surface area (Å²) in [5, 5.41) is 3.03. The lowest BCUT2D eigenvalue weighted by Crippen LogP contribution is -2.00. The number of furan rings is 1. The van der Waals surface area contributed by atoms with Crippen molar-refractivity contribution in [2.75, 3.05) is 0 Å². The van der Waals surface area contributed by atoms with E-state index in [1.165, 1.54) is 0 Å². The van der Waals surface area contributed by atoms with Gasteiger partial charge in [-0.2, -0.15) is 0 Å². The van der Waals surface area contributed by atoms with Crippen molar-refractivity contribution < 1.29 is 4.42 Å². The molecule has 4 aromatic heterocycles. The van der Waals surface area contributed by atoms with Crippen molar-refractivity contribution in [2.45, 2.75) is 0 Å². The molecule has 220 valence electrons. The van der Waals surface area contributed by atoms with E-state index in [4.69, 9.17) is 29.3 Å². The Balaban J connectivity index is 1.22. The van der Waals surface area contributed by atoms with Crippen molar-refractivity contribution in [3.63, 3.8) is 0 Å². The van der Waals surface area contributed by atoms with Crippen molar-refractivity contribution in [1.29, 1.82) is 0 Å². The Morgan fingerprint density at radius 3 is 1.85 bits per heavy atom. The molecule has 0 atom stereocenters. The highest BCUT2D eigenvalue weighted by atomic mass is 16.3. The second-order valence-electron chi connectivity index (χ2n) is 11.3. The van der Waals surface area contributed by atoms with Crippen LogP contribution in [0.15, 0.2) is 156 Å². The summed E-state index contributed by atoms with van der Waals surface area (Å²) in [6.07, 6.45) is 3.63. The maximum atomic E-state index is 6.21. The molecule has 5 aromatic carbocycles. The van der Waals surface area contributed by atoms with Gasteiger partial charge in [0.2, 0.25) is 0 Å². The van der Waals surface area contributed by atoms with Gasteiger partial charge in [0.1, 0.15) is 11.2 Å². The van der Waals surface area contributed by atoms with Crippen LogP contribution in [0.5, 0.6) is 0 Å². The summed E-state index contributed by atoms with van der Waals surface area (Å²) in [7, 11) is 0. The lowest BCUT2D eigenvalue weighted by atomic mass is 9.95. The number of fused-ring (bicyclic) bond motifs is 4. The molecule has 0 saturated heterocycles. The summed E-state index contributed by atoms with van der Waals surface area (Å²) in [5.74, 6) is 1.87. The van der Waals surface area contributed by atoms with E-state index in [-0.39, 0.29) is 0 Å². The van der Waals surface area contributed by atoms with Crippen molar-refractivity contribution in [3.8, 4) is 56.5 Å². The standard InChI is InChI=1S/C41H25N5O/c1-3-11-26(12-4-1)39-44-40(27-13-5-2-6-14-27)46-41(45-39)30-16-9-15-28(23-30)31-24-29-17-10-21-42-37(29)33(25-31)38-36-32-18-7-8-19-34(32)47-35(36)20-22-43-38/h1-25H. The van der Waals surface area contributed by atoms with Crippen LogP contribution in [0.25, 0.3) is 89.4 Å². The van der Waals surface area contributed by atoms with Gasteiger partial charge >= 0.3 is 0 Å². The number of aromatic nitrogens is 5. The summed E-state index contributed by atoms with van der Waals surface area (Å²) >= 11 is 0. The van der Waals surface area contributed by atoms with Crippen LogP contribution in [0.3, 0.4) is 0 Å². The van der Waals surface area contributed by atoms with Gasteiger partial charge in [-0.3, -0.25) is 9.97 Å². The molecule has 6 nitrogen and oxygen atoms in total. The predicted molar refractivity (Wildman–Crippen MR) is 187 cm³/mol. The quantitative estimate of drug-likeness (QED) is 0.195. The van der Waals surface area contributed by atoms with Crippen LogP contribution in [0.2, 0.25) is 0 Å². The Morgan fingerprint density at radius 2 is 1.09 bits per heavy atom. The molecule has 0 spiro atoms. The lowest BCUT2D eigenvalue weighted by molar-refractivity contribution is 0.668. The molecule has 0 radical (unpaired) electrons. The molecule has 9 aromatic rings. The second kappa shape index (κ2) is 11.1. The molecule has 0 fully saturated rings. The normalized spacial score (nSPS) is 11.4. The number of hydrogen-bond acceptors (Lipinski definition) is 6. The van der Waals surface area contributed by atoms with Crippen molar-refractivity contribution in [1.82, 2.24) is 24.9 Å². The monoisotopic (exact) mass is 603 g/mol. The fourth-order valence-corrected chi connectivity index (χ4v) is 6.19. The average molecular weight is 604 g/mol. The fraction of sp³-hybridized carbons (Fsp3) is 0. The third kappa shape index (κ3) is 4.80. The van der Waals surface area contributed by atoms with Gasteiger partial charge in [-0.1, -0.05) is 103 Å². The Morgan fingerprint density at radius 1 is 0.426 bits per heavy atom. The third-order valence-electron chi connectivity index (χ3n) is 8.40. The summed E-state index contributed by atoms with van der Waals surface area (Å²) in [6.45, 7) is 0. The number of pyridine rings is 2. The molecular formula is C41H25N5O. The maximum Gasteiger partial charge on any atom is 0.164 e. The zero-order valence-corrected chi connectivity index (χ0v) is 25.1. The summed E-state index contributed by atoms with van der Waals surface area (Å²) in [5.41, 5.74) is 9.13. The average Bonchev–Trinajstić information content (AvgIpc) is 3.54. The fourth-order valence-electron chi connectivity index (χ4n) is 6.19. The predicted octanol–water partition coefficient (Wildman–Crippen LogP) is 10.0. The van der Waals surface area contributed by atoms with Gasteiger partial charge in [-0.05, 0) is 47.5 Å². The Bertz CT molecular complexity index is 2520. The largest absolute Gasteiger partial charge is 0.456 e. The van der Waals surface area contributed by atoms with Crippen LogP contribution in [0.4, 0.5) is 0 Å². The highest BCUT2D eigenvalue weighted by Crippen LogP contribution is 2.39. The lowest BCUT2D eigenvalue weighted by Gasteiger charge is -2.12. The molecule has 0 bridgehead atoms. The molecule has 0 saturated carbocycles. The van der Waals surface area contributed by atoms with Crippen molar-refractivity contribution in [3.05, 3.63) is 152 Å². The van der Waals surface area contributed by atoms with E-state index in [0.717, 1.165) is 71.9 Å². The molecule has 0 aliphatic carbocycles. The first kappa shape index (κ1) is 26.8. The number of rotatable bonds is 5. The van der Waals surface area contributed by atoms with Crippen LogP contribution in [-0.4, -0.2) is 24.9 Å². The zero-order valence-electron chi connectivity index (χ0n) is 25.1. The summed E-state index contributed by atoms with van der Waals surface area (Å²) in [6, 6.07) is 46.8. The molecule has 0 N–H and O–H groups in total. The smallest absolute Gasteiger partial charge is 0.164 e. The minimum absolute atomic E-state index is 0.610. The van der Waals surface area contributed by atoms with Gasteiger partial charge in [0.25, 0.3) is 0 Å². The second-order valence-corrected chi connectivity index (χ2v) is 11.3. The summed E-state index contributed by atoms with van der Waals surface area (Å²) < 4.78 is 6.21. The van der Waals surface area contributed by atoms with E-state index >= 15 is 0 Å². The van der Waals surface area contributed by atoms with E-state index in [9.17, 15) is 0 Å². The van der Waals surface area contributed by atoms with E-state index in [0.29, 0.717) is 17.5 Å². The minimum atomic E-state index is 0.610. The molecule has 0 unspecified atom stereocenters. The van der Waals surface area contributed by atoms with Crippen molar-refractivity contribution >= 4 is 32.8 Å². The van der Waals surface area contributed by atoms with Crippen LogP contribution in [0, 0.1) is 0 Å². The molecule has 47 heavy (non-hydrogen) atoms. The van der Waals surface area contributed by atoms with E-state index in [1.54, 1.807) is 6.20 Å². The first-order chi connectivity index (χ1) is 23.3. The van der Waals surface area contributed by atoms with Gasteiger partial charge in [-0.25, -0.2) is 15.0 Å². The Labute approximate surface area is 270 Å². The molecular weight excluding hydrogens is 578 g/mol. The van der Waals surface area contributed by atoms with E-state index in [2.05, 4.69) is 42.5 Å². The van der Waals surface area contributed by atoms with E-state index in [1.807, 2.05) is 103 Å². The maximum absolute atomic E-state index is 6.21. The van der Waals surface area contributed by atoms with Gasteiger partial charge in [-0.15, -0.1) is 0 Å². The molecule has 0 aliphatic rings. The topological polar surface area (TPSA) is 77.6 Å². The van der Waals surface area contributed by atoms with Crippen LogP contribution >= 0.6 is 0 Å². The molecule has 9 rings (SSSR count). The Hall–Kier alpha value is -6.53. The summed E-state index contributed by atoms with van der Waals surface area (Å²) in [4.78, 5) is 24.5. The molecule has 4 heterocycles. The molecule has 0 aliphatic heterocycles. The van der Waals surface area contributed by atoms with Crippen LogP contribution in [0.1, 0.15) is 0 Å². The Kier molecular flexibility index (Phi) is 6.35. The number of benzene rings is 5. The number of nitrogens with zero attached hydrogens (tertiary/aromatic N) is 5. The van der Waals surface area contributed by atoms with Gasteiger partial charge in [0.15, 0.2) is 17.5 Å². The molecule has 0 amide bonds. The van der Waals surface area contributed by atoms with Crippen LogP contribution < -0.4 is 0 Å². The number of para-hydroxylation sites is 1. The van der Waals surface area contributed by atoms with Crippen molar-refractivity contribution in [2.24, 2.45) is 0 Å². The highest BCUT2D eigenvalue weighted by molar-refractivity contribution is 6.14. The first-order valence-corrected chi connectivity index (χ1v) is 15.4. The van der Waals surface area contributed by atoms with Gasteiger partial charge in [0.05, 0.1) is 16.6 Å². The first-order valence-electron chi connectivity index (χ1n) is 15.4. The van der Waals surface area contributed by atoms with Crippen LogP contribution in [-0.2, 0) is 0 Å². The van der Waals surface area contributed by atoms with E-state index < -0.39 is 0 Å². The zero-order chi connectivity index (χ0) is 31.2. The highest BCUT2D eigenvalue weighted by Gasteiger charge is 2.18. The van der Waals surface area contributed by atoms with Gasteiger partial charge < -0.3 is 4.42 Å². The third-order valence-corrected chi connectivity index (χ3v) is 8.40. The van der Waals surface area contributed by atoms with Gasteiger partial charge in [0, 0.05) is 45.4 Å². The SMILES string of the molecule is c1ccc(-c2nc(-c3ccccc3)nc(-c3cccc(-c4cc(-c5nccc6oc7ccccc7c56)c5ncccc5c4)c3)n2)cc1. The minimum Gasteiger partial charge on any atom is -0.456 e. The molecule has 6 heteroatoms.